The highest BCUT2D eigenvalue weighted by Gasteiger charge is 2.39. The Bertz CT molecular complexity index is 1540. The Morgan fingerprint density at radius 3 is 2.47 bits per heavy atom. The molecular formula is C27H24F2N6O3. The third-order valence-corrected chi connectivity index (χ3v) is 6.57. The van der Waals surface area contributed by atoms with Gasteiger partial charge in [0, 0.05) is 42.4 Å². The molecule has 0 saturated carbocycles. The molecule has 1 fully saturated rings. The Kier molecular flexibility index (Phi) is 6.75. The predicted molar refractivity (Wildman–Crippen MR) is 133 cm³/mol. The number of hydrogen-bond acceptors (Lipinski definition) is 7. The van der Waals surface area contributed by atoms with Crippen LogP contribution in [0, 0.1) is 12.7 Å². The van der Waals surface area contributed by atoms with Crippen LogP contribution in [-0.4, -0.2) is 65.9 Å². The molecule has 1 aromatic carbocycles. The van der Waals surface area contributed by atoms with Crippen LogP contribution in [0.3, 0.4) is 0 Å². The summed E-state index contributed by atoms with van der Waals surface area (Å²) >= 11 is 0. The number of carbonyl (C=O) groups excluding carboxylic acids is 3. The molecule has 4 aromatic rings. The summed E-state index contributed by atoms with van der Waals surface area (Å²) in [6.07, 6.45) is 2.76. The number of carbonyl (C=O) groups is 3. The SMILES string of the molecule is CC(=O)c1nn(CC(=O)N2C[C@H](F)C[C@H]2C(=O)Cc2ccc(F)cn2)c2ccc(-c3cnc(C)nc3)cc12. The molecule has 0 unspecified atom stereocenters. The lowest BCUT2D eigenvalue weighted by atomic mass is 10.0. The van der Waals surface area contributed by atoms with Gasteiger partial charge in [0.05, 0.1) is 30.7 Å². The van der Waals surface area contributed by atoms with Crippen LogP contribution in [-0.2, 0) is 22.6 Å². The summed E-state index contributed by atoms with van der Waals surface area (Å²) in [7, 11) is 0. The lowest BCUT2D eigenvalue weighted by molar-refractivity contribution is -0.138. The van der Waals surface area contributed by atoms with E-state index in [-0.39, 0.29) is 43.2 Å². The van der Waals surface area contributed by atoms with Crippen molar-refractivity contribution in [3.63, 3.8) is 0 Å². The van der Waals surface area contributed by atoms with Gasteiger partial charge in [-0.3, -0.25) is 24.0 Å². The van der Waals surface area contributed by atoms with Crippen LogP contribution < -0.4 is 0 Å². The standard InChI is InChI=1S/C27H24F2N6O3/c1-15(36)27-22-7-17(18-10-30-16(2)31-11-18)3-6-23(22)35(33-27)14-26(38)34-13-20(29)8-24(34)25(37)9-21-5-4-19(28)12-32-21/h3-7,10-12,20,24H,8-9,13-14H2,1-2H3/t20-,24+/m1/s1. The van der Waals surface area contributed by atoms with Gasteiger partial charge in [-0.2, -0.15) is 5.10 Å². The number of fused-ring (bicyclic) bond motifs is 1. The Balaban J connectivity index is 1.40. The normalized spacial score (nSPS) is 17.2. The van der Waals surface area contributed by atoms with E-state index in [4.69, 9.17) is 0 Å². The quantitative estimate of drug-likeness (QED) is 0.345. The van der Waals surface area contributed by atoms with E-state index in [0.717, 1.165) is 17.3 Å². The van der Waals surface area contributed by atoms with Crippen LogP contribution in [0.25, 0.3) is 22.0 Å². The van der Waals surface area contributed by atoms with Crippen LogP contribution in [0.2, 0.25) is 0 Å². The minimum atomic E-state index is -1.35. The number of hydrogen-bond donors (Lipinski definition) is 0. The smallest absolute Gasteiger partial charge is 0.245 e. The number of ketones is 2. The zero-order chi connectivity index (χ0) is 27.0. The molecule has 1 aliphatic rings. The third kappa shape index (κ3) is 5.04. The summed E-state index contributed by atoms with van der Waals surface area (Å²) in [4.78, 5) is 52.1. The number of alkyl halides is 1. The fourth-order valence-electron chi connectivity index (χ4n) is 4.67. The lowest BCUT2D eigenvalue weighted by Crippen LogP contribution is -2.43. The zero-order valence-electron chi connectivity index (χ0n) is 20.8. The molecular weight excluding hydrogens is 494 g/mol. The number of nitrogens with zero attached hydrogens (tertiary/aromatic N) is 6. The minimum Gasteiger partial charge on any atom is -0.328 e. The van der Waals surface area contributed by atoms with Gasteiger partial charge in [0.2, 0.25) is 5.91 Å². The summed E-state index contributed by atoms with van der Waals surface area (Å²) in [5.41, 5.74) is 2.63. The Hall–Kier alpha value is -4.41. The van der Waals surface area contributed by atoms with Crippen molar-refractivity contribution in [1.29, 1.82) is 0 Å². The summed E-state index contributed by atoms with van der Waals surface area (Å²) in [6, 6.07) is 6.98. The molecule has 194 valence electrons. The molecule has 3 aromatic heterocycles. The van der Waals surface area contributed by atoms with Gasteiger partial charge in [0.1, 0.15) is 30.1 Å². The Morgan fingerprint density at radius 1 is 1.03 bits per heavy atom. The van der Waals surface area contributed by atoms with Crippen molar-refractivity contribution in [3.05, 3.63) is 72.0 Å². The first-order valence-corrected chi connectivity index (χ1v) is 12.1. The maximum Gasteiger partial charge on any atom is 0.245 e. The van der Waals surface area contributed by atoms with Gasteiger partial charge in [0.25, 0.3) is 0 Å². The number of aryl methyl sites for hydroxylation is 1. The number of halogens is 2. The van der Waals surface area contributed by atoms with Crippen LogP contribution >= 0.6 is 0 Å². The number of amides is 1. The maximum atomic E-state index is 14.4. The van der Waals surface area contributed by atoms with Crippen LogP contribution in [0.4, 0.5) is 8.78 Å². The maximum absolute atomic E-state index is 14.4. The van der Waals surface area contributed by atoms with E-state index in [2.05, 4.69) is 20.1 Å². The molecule has 2 atom stereocenters. The Labute approximate surface area is 216 Å². The Morgan fingerprint density at radius 2 is 1.79 bits per heavy atom. The summed E-state index contributed by atoms with van der Waals surface area (Å²) in [5, 5.41) is 4.94. The van der Waals surface area contributed by atoms with E-state index >= 15 is 0 Å². The van der Waals surface area contributed by atoms with E-state index in [1.807, 2.05) is 6.07 Å². The van der Waals surface area contributed by atoms with E-state index in [1.54, 1.807) is 31.5 Å². The molecule has 5 rings (SSSR count). The number of aromatic nitrogens is 5. The fraction of sp³-hybridized carbons (Fsp3) is 0.296. The van der Waals surface area contributed by atoms with E-state index in [0.29, 0.717) is 22.4 Å². The number of pyridine rings is 1. The molecule has 0 spiro atoms. The van der Waals surface area contributed by atoms with Crippen LogP contribution in [0.1, 0.15) is 35.4 Å². The molecule has 0 bridgehead atoms. The van der Waals surface area contributed by atoms with Gasteiger partial charge in [-0.1, -0.05) is 6.07 Å². The van der Waals surface area contributed by atoms with Crippen molar-refractivity contribution in [1.82, 2.24) is 29.6 Å². The molecule has 9 nitrogen and oxygen atoms in total. The topological polar surface area (TPSA) is 111 Å². The number of rotatable bonds is 7. The van der Waals surface area contributed by atoms with Gasteiger partial charge >= 0.3 is 0 Å². The molecule has 38 heavy (non-hydrogen) atoms. The largest absolute Gasteiger partial charge is 0.328 e. The molecule has 1 saturated heterocycles. The highest BCUT2D eigenvalue weighted by molar-refractivity contribution is 6.06. The molecule has 11 heteroatoms. The second-order valence-electron chi connectivity index (χ2n) is 9.32. The first-order valence-electron chi connectivity index (χ1n) is 12.1. The van der Waals surface area contributed by atoms with Crippen molar-refractivity contribution in [2.45, 2.75) is 45.4 Å². The van der Waals surface area contributed by atoms with Crippen molar-refractivity contribution in [3.8, 4) is 11.1 Å². The molecule has 1 aliphatic heterocycles. The number of likely N-dealkylation sites (tertiary alicyclic amines) is 1. The monoisotopic (exact) mass is 518 g/mol. The predicted octanol–water partition coefficient (Wildman–Crippen LogP) is 3.29. The zero-order valence-corrected chi connectivity index (χ0v) is 20.8. The van der Waals surface area contributed by atoms with Crippen LogP contribution in [0.15, 0.2) is 48.9 Å². The van der Waals surface area contributed by atoms with Crippen molar-refractivity contribution in [2.24, 2.45) is 0 Å². The number of benzene rings is 1. The second kappa shape index (κ2) is 10.2. The second-order valence-corrected chi connectivity index (χ2v) is 9.32. The van der Waals surface area contributed by atoms with Crippen molar-refractivity contribution >= 4 is 28.4 Å². The van der Waals surface area contributed by atoms with Crippen molar-refractivity contribution in [2.75, 3.05) is 6.54 Å². The average molecular weight is 519 g/mol. The van der Waals surface area contributed by atoms with Gasteiger partial charge in [-0.15, -0.1) is 0 Å². The van der Waals surface area contributed by atoms with Gasteiger partial charge in [-0.25, -0.2) is 18.7 Å². The molecule has 0 N–H and O–H groups in total. The lowest BCUT2D eigenvalue weighted by Gasteiger charge is -2.23. The van der Waals surface area contributed by atoms with Gasteiger partial charge < -0.3 is 4.90 Å². The summed E-state index contributed by atoms with van der Waals surface area (Å²) < 4.78 is 28.9. The van der Waals surface area contributed by atoms with E-state index in [1.165, 1.54) is 28.6 Å². The highest BCUT2D eigenvalue weighted by atomic mass is 19.1. The molecule has 0 aliphatic carbocycles. The first-order chi connectivity index (χ1) is 18.2. The van der Waals surface area contributed by atoms with Crippen molar-refractivity contribution < 1.29 is 23.2 Å². The van der Waals surface area contributed by atoms with E-state index in [9.17, 15) is 23.2 Å². The highest BCUT2D eigenvalue weighted by Crippen LogP contribution is 2.28. The molecule has 1 amide bonds. The molecule has 4 heterocycles. The van der Waals surface area contributed by atoms with Gasteiger partial charge in [-0.05, 0) is 36.8 Å². The van der Waals surface area contributed by atoms with E-state index < -0.39 is 23.9 Å². The third-order valence-electron chi connectivity index (χ3n) is 6.57. The number of Topliss-reactive ketones (excluding diaryl/α,β-unsaturated/α-hetero) is 2. The molecule has 0 radical (unpaired) electrons. The first kappa shape index (κ1) is 25.2. The minimum absolute atomic E-state index is 0.119. The fourth-order valence-corrected chi connectivity index (χ4v) is 4.67. The van der Waals surface area contributed by atoms with Gasteiger partial charge in [0.15, 0.2) is 11.6 Å². The summed E-state index contributed by atoms with van der Waals surface area (Å²) in [6.45, 7) is 2.68. The van der Waals surface area contributed by atoms with Crippen LogP contribution in [0.5, 0.6) is 0 Å². The average Bonchev–Trinajstić information content (AvgIpc) is 3.46. The summed E-state index contributed by atoms with van der Waals surface area (Å²) in [5.74, 6) is -1.04.